The molecule has 8 nitrogen and oxygen atoms in total. The molecule has 2 amide bonds. The van der Waals surface area contributed by atoms with E-state index in [0.717, 1.165) is 5.56 Å². The summed E-state index contributed by atoms with van der Waals surface area (Å²) in [6.45, 7) is 4.03. The smallest absolute Gasteiger partial charge is 0.294 e. The van der Waals surface area contributed by atoms with Gasteiger partial charge in [-0.3, -0.25) is 19.7 Å². The number of nitrogens with zero attached hydrogens (tertiary/aromatic N) is 3. The molecule has 9 heteroatoms. The van der Waals surface area contributed by atoms with Gasteiger partial charge in [0, 0.05) is 55.8 Å². The highest BCUT2D eigenvalue weighted by molar-refractivity contribution is 6.30. The maximum Gasteiger partial charge on any atom is 0.294 e. The van der Waals surface area contributed by atoms with E-state index in [1.807, 2.05) is 24.0 Å². The number of amides is 2. The maximum absolute atomic E-state index is 12.5. The van der Waals surface area contributed by atoms with Gasteiger partial charge in [0.05, 0.1) is 4.92 Å². The molecule has 1 fully saturated rings. The van der Waals surface area contributed by atoms with Gasteiger partial charge < -0.3 is 15.1 Å². The molecule has 0 bridgehead atoms. The van der Waals surface area contributed by atoms with Crippen LogP contribution in [0.25, 0.3) is 0 Å². The Labute approximate surface area is 179 Å². The van der Waals surface area contributed by atoms with Crippen molar-refractivity contribution in [3.8, 4) is 0 Å². The molecule has 2 aromatic rings. The zero-order valence-electron chi connectivity index (χ0n) is 16.6. The molecule has 1 aliphatic heterocycles. The van der Waals surface area contributed by atoms with E-state index in [0.29, 0.717) is 42.5 Å². The number of aryl methyl sites for hydroxylation is 1. The quantitative estimate of drug-likeness (QED) is 0.561. The van der Waals surface area contributed by atoms with E-state index in [9.17, 15) is 19.7 Å². The first-order valence-electron chi connectivity index (χ1n) is 9.67. The number of benzene rings is 2. The first kappa shape index (κ1) is 21.6. The van der Waals surface area contributed by atoms with E-state index >= 15 is 0 Å². The number of carbonyl (C=O) groups is 2. The van der Waals surface area contributed by atoms with Crippen LogP contribution in [0.1, 0.15) is 22.3 Å². The standard InChI is InChI=1S/C21H23ClN4O4/c1-15-4-2-3-5-17(15)21(28)23-9-8-20(27)25-12-10-24(11-13-25)18-7-6-16(22)14-19(18)26(29)30/h2-7,14H,8-13H2,1H3,(H,23,28). The van der Waals surface area contributed by atoms with Crippen LogP contribution in [-0.2, 0) is 4.79 Å². The van der Waals surface area contributed by atoms with E-state index in [-0.39, 0.29) is 30.5 Å². The van der Waals surface area contributed by atoms with Crippen LogP contribution in [-0.4, -0.2) is 54.4 Å². The molecule has 0 aliphatic carbocycles. The number of anilines is 1. The molecule has 2 aromatic carbocycles. The molecule has 1 aliphatic rings. The van der Waals surface area contributed by atoms with Gasteiger partial charge in [0.2, 0.25) is 5.91 Å². The van der Waals surface area contributed by atoms with E-state index in [2.05, 4.69) is 5.32 Å². The Hall–Kier alpha value is -3.13. The molecule has 0 radical (unpaired) electrons. The highest BCUT2D eigenvalue weighted by Gasteiger charge is 2.26. The van der Waals surface area contributed by atoms with Gasteiger partial charge in [-0.1, -0.05) is 29.8 Å². The normalized spacial score (nSPS) is 13.8. The minimum atomic E-state index is -0.449. The highest BCUT2D eigenvalue weighted by Crippen LogP contribution is 2.31. The maximum atomic E-state index is 12.5. The lowest BCUT2D eigenvalue weighted by atomic mass is 10.1. The van der Waals surface area contributed by atoms with E-state index in [1.54, 1.807) is 29.2 Å². The Bertz CT molecular complexity index is 958. The van der Waals surface area contributed by atoms with Crippen molar-refractivity contribution in [2.75, 3.05) is 37.6 Å². The third kappa shape index (κ3) is 5.07. The van der Waals surface area contributed by atoms with Gasteiger partial charge in [-0.05, 0) is 30.7 Å². The lowest BCUT2D eigenvalue weighted by Gasteiger charge is -2.35. The zero-order chi connectivity index (χ0) is 21.7. The summed E-state index contributed by atoms with van der Waals surface area (Å²) < 4.78 is 0. The average Bonchev–Trinajstić information content (AvgIpc) is 2.74. The van der Waals surface area contributed by atoms with Gasteiger partial charge in [0.25, 0.3) is 11.6 Å². The van der Waals surface area contributed by atoms with E-state index in [1.165, 1.54) is 6.07 Å². The van der Waals surface area contributed by atoms with Crippen LogP contribution in [0.4, 0.5) is 11.4 Å². The molecular weight excluding hydrogens is 408 g/mol. The van der Waals surface area contributed by atoms with Crippen LogP contribution >= 0.6 is 11.6 Å². The van der Waals surface area contributed by atoms with Gasteiger partial charge in [-0.2, -0.15) is 0 Å². The van der Waals surface area contributed by atoms with E-state index in [4.69, 9.17) is 11.6 Å². The lowest BCUT2D eigenvalue weighted by molar-refractivity contribution is -0.384. The van der Waals surface area contributed by atoms with Crippen molar-refractivity contribution in [2.24, 2.45) is 0 Å². The predicted molar refractivity (Wildman–Crippen MR) is 115 cm³/mol. The number of hydrogen-bond donors (Lipinski definition) is 1. The van der Waals surface area contributed by atoms with Gasteiger partial charge in [-0.25, -0.2) is 0 Å². The first-order chi connectivity index (χ1) is 14.4. The number of rotatable bonds is 6. The van der Waals surface area contributed by atoms with Crippen LogP contribution in [0.15, 0.2) is 42.5 Å². The summed E-state index contributed by atoms with van der Waals surface area (Å²) in [6.07, 6.45) is 0.207. The van der Waals surface area contributed by atoms with Crippen molar-refractivity contribution in [1.29, 1.82) is 0 Å². The van der Waals surface area contributed by atoms with Crippen molar-refractivity contribution in [3.05, 3.63) is 68.7 Å². The molecule has 1 saturated heterocycles. The fourth-order valence-electron chi connectivity index (χ4n) is 3.47. The summed E-state index contributed by atoms with van der Waals surface area (Å²) in [7, 11) is 0. The Morgan fingerprint density at radius 2 is 1.83 bits per heavy atom. The number of hydrogen-bond acceptors (Lipinski definition) is 5. The summed E-state index contributed by atoms with van der Waals surface area (Å²) in [6, 6.07) is 11.9. The molecule has 1 heterocycles. The largest absolute Gasteiger partial charge is 0.362 e. The summed E-state index contributed by atoms with van der Waals surface area (Å²) >= 11 is 5.88. The summed E-state index contributed by atoms with van der Waals surface area (Å²) in [5.41, 5.74) is 1.94. The molecule has 158 valence electrons. The van der Waals surface area contributed by atoms with Crippen LogP contribution in [0.5, 0.6) is 0 Å². The number of nitrogens with one attached hydrogen (secondary N) is 1. The molecule has 0 saturated carbocycles. The lowest BCUT2D eigenvalue weighted by Crippen LogP contribution is -2.49. The molecule has 3 rings (SSSR count). The Morgan fingerprint density at radius 1 is 1.13 bits per heavy atom. The van der Waals surface area contributed by atoms with Crippen molar-refractivity contribution >= 4 is 34.8 Å². The number of nitro benzene ring substituents is 1. The number of halogens is 1. The summed E-state index contributed by atoms with van der Waals surface area (Å²) in [5.74, 6) is -0.244. The molecule has 0 atom stereocenters. The molecule has 0 aromatic heterocycles. The van der Waals surface area contributed by atoms with Gasteiger partial charge >= 0.3 is 0 Å². The zero-order valence-corrected chi connectivity index (χ0v) is 17.4. The van der Waals surface area contributed by atoms with Crippen LogP contribution in [0.3, 0.4) is 0 Å². The molecule has 0 unspecified atom stereocenters. The van der Waals surface area contributed by atoms with Crippen molar-refractivity contribution in [2.45, 2.75) is 13.3 Å². The van der Waals surface area contributed by atoms with Crippen molar-refractivity contribution in [1.82, 2.24) is 10.2 Å². The Balaban J connectivity index is 1.50. The van der Waals surface area contributed by atoms with E-state index < -0.39 is 4.92 Å². The Kier molecular flexibility index (Phi) is 6.89. The first-order valence-corrected chi connectivity index (χ1v) is 10.0. The molecule has 30 heavy (non-hydrogen) atoms. The van der Waals surface area contributed by atoms with Crippen molar-refractivity contribution in [3.63, 3.8) is 0 Å². The SMILES string of the molecule is Cc1ccccc1C(=O)NCCC(=O)N1CCN(c2ccc(Cl)cc2[N+](=O)[O-])CC1. The topological polar surface area (TPSA) is 95.8 Å². The van der Waals surface area contributed by atoms with Crippen molar-refractivity contribution < 1.29 is 14.5 Å². The predicted octanol–water partition coefficient (Wildman–Crippen LogP) is 3.03. The highest BCUT2D eigenvalue weighted by atomic mass is 35.5. The van der Waals surface area contributed by atoms with Crippen LogP contribution in [0.2, 0.25) is 5.02 Å². The second kappa shape index (κ2) is 9.58. The minimum absolute atomic E-state index is 0.0406. The molecular formula is C21H23ClN4O4. The fourth-order valence-corrected chi connectivity index (χ4v) is 3.64. The monoisotopic (exact) mass is 430 g/mol. The minimum Gasteiger partial charge on any atom is -0.362 e. The third-order valence-corrected chi connectivity index (χ3v) is 5.36. The number of carbonyl (C=O) groups excluding carboxylic acids is 2. The van der Waals surface area contributed by atoms with Gasteiger partial charge in [0.15, 0.2) is 0 Å². The van der Waals surface area contributed by atoms with Gasteiger partial charge in [0.1, 0.15) is 5.69 Å². The van der Waals surface area contributed by atoms with Crippen LogP contribution in [0, 0.1) is 17.0 Å². The van der Waals surface area contributed by atoms with Gasteiger partial charge in [-0.15, -0.1) is 0 Å². The number of nitro groups is 1. The van der Waals surface area contributed by atoms with Crippen LogP contribution < -0.4 is 10.2 Å². The summed E-state index contributed by atoms with van der Waals surface area (Å²) in [5, 5.41) is 14.4. The summed E-state index contributed by atoms with van der Waals surface area (Å²) in [4.78, 5) is 39.2. The second-order valence-electron chi connectivity index (χ2n) is 7.08. The second-order valence-corrected chi connectivity index (χ2v) is 7.52. The number of piperazine rings is 1. The molecule has 0 spiro atoms. The molecule has 1 N–H and O–H groups in total. The average molecular weight is 431 g/mol. The fraction of sp³-hybridized carbons (Fsp3) is 0.333. The third-order valence-electron chi connectivity index (χ3n) is 5.12. The Morgan fingerprint density at radius 3 is 2.50 bits per heavy atom.